The molecule has 0 bridgehead atoms. The molecule has 3 nitrogen and oxygen atoms in total. The van der Waals surface area contributed by atoms with Crippen LogP contribution in [0, 0.1) is 19.3 Å². The second-order valence-corrected chi connectivity index (χ2v) is 3.46. The summed E-state index contributed by atoms with van der Waals surface area (Å²) in [6.07, 6.45) is 6.47. The van der Waals surface area contributed by atoms with Crippen molar-refractivity contribution in [3.63, 3.8) is 0 Å². The highest BCUT2D eigenvalue weighted by Crippen LogP contribution is 2.20. The summed E-state index contributed by atoms with van der Waals surface area (Å²) in [6, 6.07) is 5.09. The number of carboxylic acids is 1. The molecule has 0 saturated heterocycles. The van der Waals surface area contributed by atoms with E-state index in [2.05, 4.69) is 5.92 Å². The fourth-order valence-electron chi connectivity index (χ4n) is 1.29. The third kappa shape index (κ3) is 3.32. The monoisotopic (exact) mass is 218 g/mol. The van der Waals surface area contributed by atoms with Crippen molar-refractivity contribution < 1.29 is 14.6 Å². The maximum atomic E-state index is 11.0. The normalized spacial score (nSPS) is 9.50. The number of unbranched alkanes of at least 4 members (excludes halogenated alkanes) is 1. The van der Waals surface area contributed by atoms with Crippen molar-refractivity contribution in [2.45, 2.75) is 19.8 Å². The van der Waals surface area contributed by atoms with E-state index < -0.39 is 5.97 Å². The molecule has 0 aliphatic carbocycles. The lowest BCUT2D eigenvalue weighted by Gasteiger charge is -2.08. The number of carboxylic acid groups (broad SMARTS) is 1. The van der Waals surface area contributed by atoms with Crippen LogP contribution >= 0.6 is 0 Å². The highest BCUT2D eigenvalue weighted by Gasteiger charge is 2.10. The van der Waals surface area contributed by atoms with Crippen LogP contribution in [0.5, 0.6) is 5.75 Å². The minimum Gasteiger partial charge on any atom is -0.493 e. The molecule has 1 N–H and O–H groups in total. The number of terminal acetylenes is 1. The van der Waals surface area contributed by atoms with Crippen LogP contribution in [0.15, 0.2) is 18.2 Å². The number of benzene rings is 1. The molecule has 1 aromatic rings. The molecule has 0 saturated carbocycles. The summed E-state index contributed by atoms with van der Waals surface area (Å²) in [5.74, 6) is 1.93. The lowest BCUT2D eigenvalue weighted by atomic mass is 10.1. The molecular weight excluding hydrogens is 204 g/mol. The van der Waals surface area contributed by atoms with Crippen molar-refractivity contribution in [1.82, 2.24) is 0 Å². The van der Waals surface area contributed by atoms with E-state index in [1.807, 2.05) is 13.0 Å². The lowest BCUT2D eigenvalue weighted by Crippen LogP contribution is -2.04. The average molecular weight is 218 g/mol. The maximum Gasteiger partial charge on any atom is 0.339 e. The van der Waals surface area contributed by atoms with Crippen molar-refractivity contribution in [3.05, 3.63) is 29.3 Å². The summed E-state index contributed by atoms with van der Waals surface area (Å²) < 4.78 is 5.38. The summed E-state index contributed by atoms with van der Waals surface area (Å²) in [6.45, 7) is 2.28. The molecule has 84 valence electrons. The number of carbonyl (C=O) groups is 1. The summed E-state index contributed by atoms with van der Waals surface area (Å²) in [4.78, 5) is 11.0. The molecule has 16 heavy (non-hydrogen) atoms. The van der Waals surface area contributed by atoms with Crippen LogP contribution in [0.3, 0.4) is 0 Å². The summed E-state index contributed by atoms with van der Waals surface area (Å²) in [7, 11) is 0. The molecule has 0 aliphatic rings. The molecule has 3 heteroatoms. The second kappa shape index (κ2) is 5.82. The first-order valence-corrected chi connectivity index (χ1v) is 5.05. The van der Waals surface area contributed by atoms with Gasteiger partial charge in [-0.25, -0.2) is 4.79 Å². The Bertz CT molecular complexity index is 416. The standard InChI is InChI=1S/C13H14O3/c1-3-4-5-8-16-12-7-6-10(2)9-11(12)13(14)15/h1,6-7,9H,4-5,8H2,2H3,(H,14,15). The molecule has 1 rings (SSSR count). The lowest BCUT2D eigenvalue weighted by molar-refractivity contribution is 0.0692. The van der Waals surface area contributed by atoms with Crippen molar-refractivity contribution in [2.24, 2.45) is 0 Å². The Hall–Kier alpha value is -1.95. The smallest absolute Gasteiger partial charge is 0.339 e. The Labute approximate surface area is 95.1 Å². The van der Waals surface area contributed by atoms with Gasteiger partial charge in [0.25, 0.3) is 0 Å². The van der Waals surface area contributed by atoms with Gasteiger partial charge in [0, 0.05) is 6.42 Å². The molecule has 1 aromatic carbocycles. The number of hydrogen-bond acceptors (Lipinski definition) is 2. The van der Waals surface area contributed by atoms with Gasteiger partial charge in [-0.05, 0) is 25.5 Å². The van der Waals surface area contributed by atoms with E-state index in [-0.39, 0.29) is 5.56 Å². The fourth-order valence-corrected chi connectivity index (χ4v) is 1.29. The Kier molecular flexibility index (Phi) is 4.41. The Balaban J connectivity index is 2.72. The van der Waals surface area contributed by atoms with Gasteiger partial charge in [-0.2, -0.15) is 0 Å². The number of aromatic carboxylic acids is 1. The number of rotatable bonds is 5. The van der Waals surface area contributed by atoms with Crippen LogP contribution < -0.4 is 4.74 Å². The van der Waals surface area contributed by atoms with Crippen LogP contribution in [-0.2, 0) is 0 Å². The topological polar surface area (TPSA) is 46.5 Å². The Morgan fingerprint density at radius 3 is 2.94 bits per heavy atom. The molecule has 0 amide bonds. The predicted molar refractivity (Wildman–Crippen MR) is 61.7 cm³/mol. The zero-order valence-corrected chi connectivity index (χ0v) is 9.19. The second-order valence-electron chi connectivity index (χ2n) is 3.46. The van der Waals surface area contributed by atoms with Gasteiger partial charge < -0.3 is 9.84 Å². The van der Waals surface area contributed by atoms with Crippen molar-refractivity contribution in [2.75, 3.05) is 6.61 Å². The first kappa shape index (κ1) is 12.1. The van der Waals surface area contributed by atoms with Gasteiger partial charge in [-0.3, -0.25) is 0 Å². The highest BCUT2D eigenvalue weighted by atomic mass is 16.5. The van der Waals surface area contributed by atoms with Crippen molar-refractivity contribution in [1.29, 1.82) is 0 Å². The van der Waals surface area contributed by atoms with Gasteiger partial charge >= 0.3 is 5.97 Å². The van der Waals surface area contributed by atoms with Gasteiger partial charge in [-0.15, -0.1) is 12.3 Å². The van der Waals surface area contributed by atoms with Crippen LogP contribution in [0.25, 0.3) is 0 Å². The number of aryl methyl sites for hydroxylation is 1. The summed E-state index contributed by atoms with van der Waals surface area (Å²) in [5, 5.41) is 8.98. The van der Waals surface area contributed by atoms with E-state index in [9.17, 15) is 4.79 Å². The predicted octanol–water partition coefficient (Wildman–Crippen LogP) is 2.49. The molecule has 0 spiro atoms. The Morgan fingerprint density at radius 2 is 2.31 bits per heavy atom. The van der Waals surface area contributed by atoms with Gasteiger partial charge in [0.2, 0.25) is 0 Å². The average Bonchev–Trinajstić information content (AvgIpc) is 2.26. The molecule has 0 aliphatic heterocycles. The summed E-state index contributed by atoms with van der Waals surface area (Å²) in [5.41, 5.74) is 1.09. The van der Waals surface area contributed by atoms with E-state index in [1.165, 1.54) is 0 Å². The molecule has 0 fully saturated rings. The molecule has 0 unspecified atom stereocenters. The highest BCUT2D eigenvalue weighted by molar-refractivity contribution is 5.91. The minimum atomic E-state index is -0.976. The van der Waals surface area contributed by atoms with Gasteiger partial charge in [0.05, 0.1) is 6.61 Å². The van der Waals surface area contributed by atoms with Crippen LogP contribution in [0.2, 0.25) is 0 Å². The van der Waals surface area contributed by atoms with Crippen molar-refractivity contribution in [3.8, 4) is 18.1 Å². The van der Waals surface area contributed by atoms with Crippen LogP contribution in [0.4, 0.5) is 0 Å². The molecule has 0 atom stereocenters. The van der Waals surface area contributed by atoms with Crippen molar-refractivity contribution >= 4 is 5.97 Å². The molecular formula is C13H14O3. The third-order valence-corrected chi connectivity index (χ3v) is 2.09. The van der Waals surface area contributed by atoms with Gasteiger partial charge in [0.15, 0.2) is 0 Å². The minimum absolute atomic E-state index is 0.195. The zero-order valence-electron chi connectivity index (χ0n) is 9.19. The SMILES string of the molecule is C#CCCCOc1ccc(C)cc1C(=O)O. The van der Waals surface area contributed by atoms with E-state index in [1.54, 1.807) is 12.1 Å². The van der Waals surface area contributed by atoms with Gasteiger partial charge in [0.1, 0.15) is 11.3 Å². The summed E-state index contributed by atoms with van der Waals surface area (Å²) >= 11 is 0. The first-order valence-electron chi connectivity index (χ1n) is 5.05. The van der Waals surface area contributed by atoms with E-state index >= 15 is 0 Å². The molecule has 0 aromatic heterocycles. The van der Waals surface area contributed by atoms with E-state index in [0.717, 1.165) is 12.0 Å². The number of hydrogen-bond donors (Lipinski definition) is 1. The quantitative estimate of drug-likeness (QED) is 0.610. The third-order valence-electron chi connectivity index (χ3n) is 2.09. The van der Waals surface area contributed by atoms with E-state index in [0.29, 0.717) is 18.8 Å². The molecule has 0 radical (unpaired) electrons. The maximum absolute atomic E-state index is 11.0. The number of ether oxygens (including phenoxy) is 1. The van der Waals surface area contributed by atoms with E-state index in [4.69, 9.17) is 16.3 Å². The Morgan fingerprint density at radius 1 is 1.56 bits per heavy atom. The fraction of sp³-hybridized carbons (Fsp3) is 0.308. The van der Waals surface area contributed by atoms with Crippen LogP contribution in [0.1, 0.15) is 28.8 Å². The van der Waals surface area contributed by atoms with Gasteiger partial charge in [-0.1, -0.05) is 11.6 Å². The first-order chi connectivity index (χ1) is 7.65. The zero-order chi connectivity index (χ0) is 12.0. The van der Waals surface area contributed by atoms with Crippen LogP contribution in [-0.4, -0.2) is 17.7 Å². The largest absolute Gasteiger partial charge is 0.493 e. The molecule has 0 heterocycles.